The van der Waals surface area contributed by atoms with E-state index in [4.69, 9.17) is 47.4 Å². The van der Waals surface area contributed by atoms with Crippen LogP contribution in [0.2, 0.25) is 0 Å². The molecule has 2 aliphatic rings. The average molecular weight is 1050 g/mol. The number of nitrogens with one attached hydrogen (secondary N) is 2. The molecule has 0 bridgehead atoms. The summed E-state index contributed by atoms with van der Waals surface area (Å²) >= 11 is 0. The zero-order valence-corrected chi connectivity index (χ0v) is 44.8. The molecule has 3 rings (SSSR count). The van der Waals surface area contributed by atoms with Gasteiger partial charge in [-0.1, -0.05) is 109 Å². The minimum atomic E-state index is -1.08. The number of fused-ring (bicyclic) bond motifs is 1. The van der Waals surface area contributed by atoms with Gasteiger partial charge in [0.05, 0.1) is 129 Å². The van der Waals surface area contributed by atoms with Crippen LogP contribution in [0.3, 0.4) is 0 Å². The van der Waals surface area contributed by atoms with Crippen molar-refractivity contribution in [2.45, 2.75) is 154 Å². The third-order valence-corrected chi connectivity index (χ3v) is 12.4. The molecule has 0 spiro atoms. The number of hydrogen-bond acceptors (Lipinski definition) is 16. The Morgan fingerprint density at radius 1 is 0.500 bits per heavy atom. The lowest BCUT2D eigenvalue weighted by molar-refractivity contribution is -0.145. The number of imide groups is 2. The normalized spacial score (nSPS) is 14.5. The Hall–Kier alpha value is -3.92. The molecule has 2 heterocycles. The maximum absolute atomic E-state index is 13.2. The zero-order valence-electron chi connectivity index (χ0n) is 44.8. The number of nitrogens with zero attached hydrogens (tertiary/aromatic N) is 1. The lowest BCUT2D eigenvalue weighted by Gasteiger charge is -2.27. The van der Waals surface area contributed by atoms with E-state index >= 15 is 0 Å². The van der Waals surface area contributed by atoms with Crippen LogP contribution in [-0.2, 0) is 66.5 Å². The molecule has 1 atom stereocenters. The van der Waals surface area contributed by atoms with Crippen molar-refractivity contribution in [2.75, 3.05) is 131 Å². The van der Waals surface area contributed by atoms with E-state index in [9.17, 15) is 28.8 Å². The fourth-order valence-electron chi connectivity index (χ4n) is 8.29. The van der Waals surface area contributed by atoms with Crippen LogP contribution in [0.25, 0.3) is 0 Å². The molecule has 1 fully saturated rings. The van der Waals surface area contributed by atoms with Gasteiger partial charge in [0.15, 0.2) is 0 Å². The first-order valence-electron chi connectivity index (χ1n) is 27.8. The number of rotatable bonds is 51. The molecule has 0 aliphatic carbocycles. The minimum absolute atomic E-state index is 0.0260. The Balaban J connectivity index is 0.944. The highest BCUT2D eigenvalue weighted by Gasteiger charge is 2.45. The zero-order chi connectivity index (χ0) is 52.9. The molecule has 0 saturated carbocycles. The smallest absolute Gasteiger partial charge is 0.305 e. The van der Waals surface area contributed by atoms with Gasteiger partial charge >= 0.3 is 5.97 Å². The fourth-order valence-corrected chi connectivity index (χ4v) is 8.29. The van der Waals surface area contributed by atoms with Gasteiger partial charge in [0.25, 0.3) is 11.8 Å². The molecular formula is C55H91N3O16. The molecule has 1 unspecified atom stereocenters. The van der Waals surface area contributed by atoms with E-state index in [0.29, 0.717) is 132 Å². The van der Waals surface area contributed by atoms with Crippen LogP contribution >= 0.6 is 0 Å². The first-order chi connectivity index (χ1) is 36.3. The van der Waals surface area contributed by atoms with Gasteiger partial charge in [0, 0.05) is 25.9 Å². The Labute approximate surface area is 440 Å². The predicted octanol–water partition coefficient (Wildman–Crippen LogP) is 7.54. The fraction of sp³-hybridized carbons (Fsp3) is 0.782. The number of benzene rings is 1. The molecule has 1 aromatic carbocycles. The van der Waals surface area contributed by atoms with Gasteiger partial charge in [0.1, 0.15) is 12.6 Å². The molecule has 0 aromatic heterocycles. The first-order valence-corrected chi connectivity index (χ1v) is 27.8. The minimum Gasteiger partial charge on any atom is -0.463 e. The second-order valence-corrected chi connectivity index (χ2v) is 18.5. The van der Waals surface area contributed by atoms with E-state index < -0.39 is 29.7 Å². The van der Waals surface area contributed by atoms with Crippen molar-refractivity contribution in [2.24, 2.45) is 0 Å². The number of carbonyl (C=O) groups excluding carboxylic acids is 6. The van der Waals surface area contributed by atoms with Gasteiger partial charge in [-0.2, -0.15) is 0 Å². The Morgan fingerprint density at radius 2 is 0.905 bits per heavy atom. The highest BCUT2D eigenvalue weighted by atomic mass is 16.6. The largest absolute Gasteiger partial charge is 0.463 e. The van der Waals surface area contributed by atoms with Crippen molar-refractivity contribution in [1.82, 2.24) is 10.2 Å². The summed E-state index contributed by atoms with van der Waals surface area (Å²) in [6, 6.07) is 3.53. The van der Waals surface area contributed by atoms with Crippen molar-refractivity contribution in [1.29, 1.82) is 0 Å². The van der Waals surface area contributed by atoms with Gasteiger partial charge in [-0.25, -0.2) is 0 Å². The summed E-state index contributed by atoms with van der Waals surface area (Å²) < 4.78 is 55.0. The van der Waals surface area contributed by atoms with Gasteiger partial charge in [-0.3, -0.25) is 39.0 Å². The van der Waals surface area contributed by atoms with Crippen LogP contribution in [0, 0.1) is 0 Å². The maximum atomic E-state index is 13.2. The molecule has 5 amide bonds. The van der Waals surface area contributed by atoms with Gasteiger partial charge < -0.3 is 52.7 Å². The van der Waals surface area contributed by atoms with Crippen molar-refractivity contribution < 1.29 is 76.1 Å². The molecule has 1 aromatic rings. The lowest BCUT2D eigenvalue weighted by Crippen LogP contribution is -2.54. The monoisotopic (exact) mass is 1050 g/mol. The number of esters is 1. The molecule has 2 N–H and O–H groups in total. The third kappa shape index (κ3) is 30.6. The molecule has 74 heavy (non-hydrogen) atoms. The summed E-state index contributed by atoms with van der Waals surface area (Å²) in [6.45, 7) is 10.7. The molecule has 0 radical (unpaired) electrons. The van der Waals surface area contributed by atoms with E-state index in [0.717, 1.165) is 30.6 Å². The van der Waals surface area contributed by atoms with E-state index in [-0.39, 0.29) is 54.6 Å². The summed E-state index contributed by atoms with van der Waals surface area (Å²) in [5.74, 6) is -2.87. The maximum Gasteiger partial charge on any atom is 0.305 e. The number of ether oxygens (including phenoxy) is 10. The second kappa shape index (κ2) is 44.2. The number of anilines is 1. The molecular weight excluding hydrogens is 959 g/mol. The summed E-state index contributed by atoms with van der Waals surface area (Å²) in [5.41, 5.74) is 0.377. The molecule has 2 aliphatic heterocycles. The molecule has 19 nitrogen and oxygen atoms in total. The molecule has 422 valence electrons. The van der Waals surface area contributed by atoms with E-state index in [1.54, 1.807) is 12.1 Å². The summed E-state index contributed by atoms with van der Waals surface area (Å²) in [5, 5.41) is 4.91. The topological polar surface area (TPSA) is 222 Å². The summed E-state index contributed by atoms with van der Waals surface area (Å²) in [4.78, 5) is 75.7. The summed E-state index contributed by atoms with van der Waals surface area (Å²) in [6.07, 6.45) is 22.5. The van der Waals surface area contributed by atoms with Crippen LogP contribution in [0.5, 0.6) is 0 Å². The van der Waals surface area contributed by atoms with Gasteiger partial charge in [0.2, 0.25) is 17.7 Å². The Morgan fingerprint density at radius 3 is 1.36 bits per heavy atom. The number of amides is 5. The van der Waals surface area contributed by atoms with Crippen molar-refractivity contribution in [3.63, 3.8) is 0 Å². The van der Waals surface area contributed by atoms with Gasteiger partial charge in [-0.15, -0.1) is 0 Å². The quantitative estimate of drug-likeness (QED) is 0.0365. The van der Waals surface area contributed by atoms with E-state index in [1.807, 2.05) is 0 Å². The Kier molecular flexibility index (Phi) is 38.5. The van der Waals surface area contributed by atoms with Crippen LogP contribution in [-0.4, -0.2) is 172 Å². The van der Waals surface area contributed by atoms with Crippen molar-refractivity contribution in [3.05, 3.63) is 29.3 Å². The summed E-state index contributed by atoms with van der Waals surface area (Å²) in [7, 11) is 0. The molecule has 19 heteroatoms. The first kappa shape index (κ1) is 64.4. The van der Waals surface area contributed by atoms with Crippen LogP contribution in [0.15, 0.2) is 18.2 Å². The van der Waals surface area contributed by atoms with Crippen molar-refractivity contribution in [3.8, 4) is 0 Å². The molecule has 1 saturated heterocycles. The van der Waals surface area contributed by atoms with Crippen molar-refractivity contribution >= 4 is 41.2 Å². The predicted molar refractivity (Wildman–Crippen MR) is 278 cm³/mol. The number of hydrogen-bond donors (Lipinski definition) is 2. The van der Waals surface area contributed by atoms with E-state index in [1.165, 1.54) is 89.5 Å². The van der Waals surface area contributed by atoms with E-state index in [2.05, 4.69) is 17.6 Å². The number of unbranched alkanes of at least 4 members (excludes halogenated alkanes) is 16. The lowest BCUT2D eigenvalue weighted by atomic mass is 10.0. The third-order valence-electron chi connectivity index (χ3n) is 12.4. The van der Waals surface area contributed by atoms with Gasteiger partial charge in [-0.05, 0) is 37.8 Å². The number of carbonyl (C=O) groups is 6. The second-order valence-electron chi connectivity index (χ2n) is 18.5. The van der Waals surface area contributed by atoms with Crippen LogP contribution < -0.4 is 10.6 Å². The highest BCUT2D eigenvalue weighted by molar-refractivity contribution is 6.26. The van der Waals surface area contributed by atoms with Crippen LogP contribution in [0.1, 0.15) is 169 Å². The SMILES string of the molecule is CCCCCCCCCCCCCCCCCC(=O)OCCOCCOCCOCCOCCOCCOCCOCCOCCOCCCCCC(=O)Nc1cccc2c1C(=O)N(C1CCC(=O)NC1=O)C2=O. The number of piperidine rings is 1. The van der Waals surface area contributed by atoms with Crippen LogP contribution in [0.4, 0.5) is 5.69 Å². The standard InChI is InChI=1S/C55H91N3O16/c1-2-3-4-5-6-7-8-9-10-11-12-13-14-15-18-24-51(61)74-45-44-73-43-42-72-41-40-71-39-38-70-37-36-69-35-34-68-33-32-67-31-30-66-29-28-65-27-19-16-17-23-49(59)56-47-22-20-21-46-52(47)55(64)58(54(46)63)48-25-26-50(60)57-53(48)62/h20-22,48H,2-19,23-45H2,1H3,(H,56,59)(H,57,60,62). The Bertz CT molecular complexity index is 1680. The average Bonchev–Trinajstić information content (AvgIpc) is 3.64. The highest BCUT2D eigenvalue weighted by Crippen LogP contribution is 2.32.